The van der Waals surface area contributed by atoms with Crippen molar-refractivity contribution in [2.24, 2.45) is 0 Å². The molecule has 0 radical (unpaired) electrons. The molecule has 2 N–H and O–H groups in total. The van der Waals surface area contributed by atoms with Crippen LogP contribution in [-0.2, 0) is 4.79 Å². The summed E-state index contributed by atoms with van der Waals surface area (Å²) in [5.74, 6) is -1.22. The van der Waals surface area contributed by atoms with Gasteiger partial charge in [-0.1, -0.05) is 6.42 Å². The highest BCUT2D eigenvalue weighted by Gasteiger charge is 2.64. The second kappa shape index (κ2) is 5.23. The van der Waals surface area contributed by atoms with Crippen LogP contribution in [0.1, 0.15) is 32.6 Å². The number of nitrogens with one attached hydrogen (secondary N) is 2. The standard InChI is InChI=1S/C12H18F3N3O2/c1-11(12(13,14)15)9(19)18(10(20)17-11)7-5-8-4-2-3-6-16-8/h8,16H,2-7H2,1H3,(H,17,20). The topological polar surface area (TPSA) is 61.4 Å². The molecule has 8 heteroatoms. The summed E-state index contributed by atoms with van der Waals surface area (Å²) in [6, 6.07) is -0.812. The molecule has 0 aliphatic carbocycles. The van der Waals surface area contributed by atoms with Crippen molar-refractivity contribution in [2.45, 2.75) is 50.4 Å². The largest absolute Gasteiger partial charge is 0.420 e. The first-order chi connectivity index (χ1) is 9.25. The van der Waals surface area contributed by atoms with Crippen LogP contribution in [0.2, 0.25) is 0 Å². The van der Waals surface area contributed by atoms with E-state index in [-0.39, 0.29) is 12.6 Å². The number of piperidine rings is 1. The molecule has 0 spiro atoms. The minimum Gasteiger partial charge on any atom is -0.316 e. The van der Waals surface area contributed by atoms with Crippen LogP contribution in [0.4, 0.5) is 18.0 Å². The number of carbonyl (C=O) groups excluding carboxylic acids is 2. The van der Waals surface area contributed by atoms with E-state index in [1.165, 1.54) is 0 Å². The van der Waals surface area contributed by atoms with Crippen molar-refractivity contribution < 1.29 is 22.8 Å². The van der Waals surface area contributed by atoms with E-state index < -0.39 is 23.7 Å². The third kappa shape index (κ3) is 2.61. The van der Waals surface area contributed by atoms with Crippen molar-refractivity contribution in [3.8, 4) is 0 Å². The van der Waals surface area contributed by atoms with Gasteiger partial charge in [0.15, 0.2) is 0 Å². The Morgan fingerprint density at radius 3 is 2.55 bits per heavy atom. The highest BCUT2D eigenvalue weighted by atomic mass is 19.4. The van der Waals surface area contributed by atoms with E-state index >= 15 is 0 Å². The fraction of sp³-hybridized carbons (Fsp3) is 0.833. The first kappa shape index (κ1) is 15.1. The number of halogens is 3. The maximum Gasteiger partial charge on any atom is 0.420 e. The zero-order chi connectivity index (χ0) is 15.0. The van der Waals surface area contributed by atoms with Gasteiger partial charge in [-0.2, -0.15) is 13.2 Å². The SMILES string of the molecule is CC1(C(F)(F)F)NC(=O)N(CCC2CCCCN2)C1=O. The molecule has 0 aromatic heterocycles. The Bertz CT molecular complexity index is 407. The van der Waals surface area contributed by atoms with Crippen LogP contribution in [0.25, 0.3) is 0 Å². The number of amides is 3. The van der Waals surface area contributed by atoms with Crippen LogP contribution in [0.15, 0.2) is 0 Å². The summed E-state index contributed by atoms with van der Waals surface area (Å²) >= 11 is 0. The van der Waals surface area contributed by atoms with Gasteiger partial charge >= 0.3 is 12.2 Å². The van der Waals surface area contributed by atoms with Crippen LogP contribution in [0, 0.1) is 0 Å². The molecule has 114 valence electrons. The van der Waals surface area contributed by atoms with E-state index in [9.17, 15) is 22.8 Å². The molecule has 2 heterocycles. The number of rotatable bonds is 3. The molecule has 0 bridgehead atoms. The lowest BCUT2D eigenvalue weighted by molar-refractivity contribution is -0.191. The maximum absolute atomic E-state index is 12.9. The minimum atomic E-state index is -4.79. The van der Waals surface area contributed by atoms with Gasteiger partial charge in [-0.3, -0.25) is 9.69 Å². The van der Waals surface area contributed by atoms with Crippen molar-refractivity contribution >= 4 is 11.9 Å². The average Bonchev–Trinajstić information content (AvgIpc) is 2.60. The molecule has 2 atom stereocenters. The smallest absolute Gasteiger partial charge is 0.316 e. The van der Waals surface area contributed by atoms with Crippen molar-refractivity contribution in [1.82, 2.24) is 15.5 Å². The second-order valence-electron chi connectivity index (χ2n) is 5.45. The molecule has 2 rings (SSSR count). The Hall–Kier alpha value is -1.31. The summed E-state index contributed by atoms with van der Waals surface area (Å²) in [6.07, 6.45) is -1.27. The highest BCUT2D eigenvalue weighted by molar-refractivity contribution is 6.07. The summed E-state index contributed by atoms with van der Waals surface area (Å²) in [5.41, 5.74) is -2.80. The van der Waals surface area contributed by atoms with Gasteiger partial charge in [0.25, 0.3) is 5.91 Å². The summed E-state index contributed by atoms with van der Waals surface area (Å²) in [5, 5.41) is 4.98. The second-order valence-corrected chi connectivity index (χ2v) is 5.45. The fourth-order valence-corrected chi connectivity index (χ4v) is 2.55. The zero-order valence-corrected chi connectivity index (χ0v) is 11.2. The summed E-state index contributed by atoms with van der Waals surface area (Å²) in [6.45, 7) is 1.57. The number of imide groups is 1. The first-order valence-corrected chi connectivity index (χ1v) is 6.70. The predicted octanol–water partition coefficient (Wildman–Crippen LogP) is 1.39. The van der Waals surface area contributed by atoms with E-state index in [0.717, 1.165) is 25.8 Å². The zero-order valence-electron chi connectivity index (χ0n) is 11.2. The van der Waals surface area contributed by atoms with Crippen LogP contribution < -0.4 is 10.6 Å². The van der Waals surface area contributed by atoms with Gasteiger partial charge in [0, 0.05) is 12.6 Å². The Morgan fingerprint density at radius 1 is 1.35 bits per heavy atom. The maximum atomic E-state index is 12.9. The number of hydrogen-bond donors (Lipinski definition) is 2. The quantitative estimate of drug-likeness (QED) is 0.773. The van der Waals surface area contributed by atoms with E-state index in [2.05, 4.69) is 5.32 Å². The van der Waals surface area contributed by atoms with Gasteiger partial charge in [0.05, 0.1) is 0 Å². The number of alkyl halides is 3. The number of carbonyl (C=O) groups is 2. The first-order valence-electron chi connectivity index (χ1n) is 6.70. The van der Waals surface area contributed by atoms with Crippen molar-refractivity contribution in [1.29, 1.82) is 0 Å². The fourth-order valence-electron chi connectivity index (χ4n) is 2.55. The van der Waals surface area contributed by atoms with Gasteiger partial charge in [-0.15, -0.1) is 0 Å². The van der Waals surface area contributed by atoms with E-state index in [1.807, 2.05) is 0 Å². The molecule has 2 aliphatic heterocycles. The predicted molar refractivity (Wildman–Crippen MR) is 65.0 cm³/mol. The lowest BCUT2D eigenvalue weighted by Crippen LogP contribution is -2.56. The molecule has 2 fully saturated rings. The Kier molecular flexibility index (Phi) is 3.95. The number of nitrogens with zero attached hydrogens (tertiary/aromatic N) is 1. The third-order valence-electron chi connectivity index (χ3n) is 3.96. The molecule has 0 saturated carbocycles. The lowest BCUT2D eigenvalue weighted by Gasteiger charge is -2.26. The van der Waals surface area contributed by atoms with E-state index in [0.29, 0.717) is 18.2 Å². The monoisotopic (exact) mass is 293 g/mol. The van der Waals surface area contributed by atoms with Gasteiger partial charge in [0.1, 0.15) is 0 Å². The van der Waals surface area contributed by atoms with Crippen molar-refractivity contribution in [2.75, 3.05) is 13.1 Å². The molecular formula is C12H18F3N3O2. The van der Waals surface area contributed by atoms with Crippen LogP contribution in [0.5, 0.6) is 0 Å². The van der Waals surface area contributed by atoms with Gasteiger partial charge in [0.2, 0.25) is 5.54 Å². The molecule has 2 saturated heterocycles. The molecule has 2 unspecified atom stereocenters. The third-order valence-corrected chi connectivity index (χ3v) is 3.96. The van der Waals surface area contributed by atoms with Crippen molar-refractivity contribution in [3.05, 3.63) is 0 Å². The van der Waals surface area contributed by atoms with Crippen molar-refractivity contribution in [3.63, 3.8) is 0 Å². The Labute approximate surface area is 114 Å². The van der Waals surface area contributed by atoms with Gasteiger partial charge < -0.3 is 10.6 Å². The molecular weight excluding hydrogens is 275 g/mol. The molecule has 3 amide bonds. The van der Waals surface area contributed by atoms with Gasteiger partial charge in [-0.25, -0.2) is 4.79 Å². The molecule has 2 aliphatic rings. The van der Waals surface area contributed by atoms with Crippen LogP contribution >= 0.6 is 0 Å². The van der Waals surface area contributed by atoms with Crippen LogP contribution in [0.3, 0.4) is 0 Å². The minimum absolute atomic E-state index is 0.00794. The van der Waals surface area contributed by atoms with E-state index in [4.69, 9.17) is 0 Å². The molecule has 0 aromatic rings. The summed E-state index contributed by atoms with van der Waals surface area (Å²) in [7, 11) is 0. The van der Waals surface area contributed by atoms with Gasteiger partial charge in [-0.05, 0) is 32.7 Å². The van der Waals surface area contributed by atoms with E-state index in [1.54, 1.807) is 5.32 Å². The highest BCUT2D eigenvalue weighted by Crippen LogP contribution is 2.35. The van der Waals surface area contributed by atoms with Crippen LogP contribution in [-0.4, -0.2) is 47.7 Å². The summed E-state index contributed by atoms with van der Waals surface area (Å²) < 4.78 is 38.6. The summed E-state index contributed by atoms with van der Waals surface area (Å²) in [4.78, 5) is 24.1. The Morgan fingerprint density at radius 2 is 2.05 bits per heavy atom. The number of urea groups is 1. The molecule has 20 heavy (non-hydrogen) atoms. The molecule has 0 aromatic carbocycles. The lowest BCUT2D eigenvalue weighted by atomic mass is 10.0. The number of hydrogen-bond acceptors (Lipinski definition) is 3. The average molecular weight is 293 g/mol. The normalized spacial score (nSPS) is 31.6. The Balaban J connectivity index is 1.98. The molecule has 5 nitrogen and oxygen atoms in total.